The Hall–Kier alpha value is -2.61. The van der Waals surface area contributed by atoms with Gasteiger partial charge in [-0.1, -0.05) is 41.1 Å². The standard InChI is InChI=1S/C22H24ClN3O3S/c1-25(2)11-12-26(21(27)10-9-15-7-5-6-8-16(15)23)22-24-17-13-18(28-3)19(29-4)14-20(17)30-22/h5-10,13-14H,11-12H2,1-4H3. The summed E-state index contributed by atoms with van der Waals surface area (Å²) in [6.07, 6.45) is 3.26. The van der Waals surface area contributed by atoms with Crippen molar-refractivity contribution >= 4 is 50.3 Å². The van der Waals surface area contributed by atoms with E-state index in [1.54, 1.807) is 31.3 Å². The van der Waals surface area contributed by atoms with Gasteiger partial charge in [0.1, 0.15) is 0 Å². The molecular weight excluding hydrogens is 422 g/mol. The maximum Gasteiger partial charge on any atom is 0.252 e. The molecule has 158 valence electrons. The number of hydrogen-bond acceptors (Lipinski definition) is 6. The van der Waals surface area contributed by atoms with E-state index in [4.69, 9.17) is 21.1 Å². The van der Waals surface area contributed by atoms with Crippen LogP contribution in [0, 0.1) is 0 Å². The molecule has 1 amide bonds. The minimum atomic E-state index is -0.158. The maximum atomic E-state index is 13.1. The summed E-state index contributed by atoms with van der Waals surface area (Å²) in [7, 11) is 7.12. The number of anilines is 1. The minimum absolute atomic E-state index is 0.158. The molecule has 0 aliphatic heterocycles. The number of carbonyl (C=O) groups is 1. The lowest BCUT2D eigenvalue weighted by atomic mass is 10.2. The van der Waals surface area contributed by atoms with E-state index in [1.165, 1.54) is 17.4 Å². The molecule has 0 aliphatic rings. The third-order valence-electron chi connectivity index (χ3n) is 4.46. The minimum Gasteiger partial charge on any atom is -0.493 e. The summed E-state index contributed by atoms with van der Waals surface area (Å²) in [4.78, 5) is 21.4. The molecule has 3 rings (SSSR count). The normalized spacial score (nSPS) is 11.4. The second kappa shape index (κ2) is 9.93. The van der Waals surface area contributed by atoms with Gasteiger partial charge >= 0.3 is 0 Å². The molecule has 0 bridgehead atoms. The number of carbonyl (C=O) groups excluding carboxylic acids is 1. The highest BCUT2D eigenvalue weighted by atomic mass is 35.5. The highest BCUT2D eigenvalue weighted by Gasteiger charge is 2.19. The molecule has 0 radical (unpaired) electrons. The predicted molar refractivity (Wildman–Crippen MR) is 124 cm³/mol. The molecule has 6 nitrogen and oxygen atoms in total. The van der Waals surface area contributed by atoms with Gasteiger partial charge in [-0.15, -0.1) is 0 Å². The number of fused-ring (bicyclic) bond motifs is 1. The summed E-state index contributed by atoms with van der Waals surface area (Å²) in [5, 5.41) is 1.22. The fourth-order valence-corrected chi connectivity index (χ4v) is 4.03. The van der Waals surface area contributed by atoms with Crippen LogP contribution in [0.1, 0.15) is 5.56 Å². The summed E-state index contributed by atoms with van der Waals surface area (Å²) in [6.45, 7) is 1.21. The number of nitrogens with zero attached hydrogens (tertiary/aromatic N) is 3. The molecule has 2 aromatic carbocycles. The molecule has 1 heterocycles. The number of ether oxygens (including phenoxy) is 2. The first-order chi connectivity index (χ1) is 14.4. The van der Waals surface area contributed by atoms with E-state index in [1.807, 2.05) is 49.3 Å². The highest BCUT2D eigenvalue weighted by Crippen LogP contribution is 2.37. The van der Waals surface area contributed by atoms with Crippen LogP contribution < -0.4 is 14.4 Å². The number of thiazole rings is 1. The number of methoxy groups -OCH3 is 2. The van der Waals surface area contributed by atoms with Gasteiger partial charge in [-0.3, -0.25) is 9.69 Å². The van der Waals surface area contributed by atoms with Crippen molar-refractivity contribution in [2.75, 3.05) is 46.3 Å². The van der Waals surface area contributed by atoms with Gasteiger partial charge in [-0.05, 0) is 31.8 Å². The smallest absolute Gasteiger partial charge is 0.252 e. The van der Waals surface area contributed by atoms with Gasteiger partial charge in [0.25, 0.3) is 5.91 Å². The third-order valence-corrected chi connectivity index (χ3v) is 5.85. The van der Waals surface area contributed by atoms with E-state index in [0.29, 0.717) is 34.7 Å². The summed E-state index contributed by atoms with van der Waals surface area (Å²) < 4.78 is 11.7. The molecule has 0 unspecified atom stereocenters. The Morgan fingerprint density at radius 1 is 1.13 bits per heavy atom. The topological polar surface area (TPSA) is 54.9 Å². The van der Waals surface area contributed by atoms with Gasteiger partial charge in [-0.25, -0.2) is 4.98 Å². The van der Waals surface area contributed by atoms with Crippen LogP contribution in [0.2, 0.25) is 5.02 Å². The van der Waals surface area contributed by atoms with Crippen LogP contribution in [0.3, 0.4) is 0 Å². The Bertz CT molecular complexity index is 1020. The molecular formula is C22H24ClN3O3S. The van der Waals surface area contributed by atoms with Crippen LogP contribution >= 0.6 is 22.9 Å². The first-order valence-corrected chi connectivity index (χ1v) is 10.5. The largest absolute Gasteiger partial charge is 0.493 e. The molecule has 0 spiro atoms. The second-order valence-electron chi connectivity index (χ2n) is 6.82. The molecule has 30 heavy (non-hydrogen) atoms. The first-order valence-electron chi connectivity index (χ1n) is 9.34. The van der Waals surface area contributed by atoms with E-state index in [-0.39, 0.29) is 5.91 Å². The van der Waals surface area contributed by atoms with E-state index in [0.717, 1.165) is 15.8 Å². The zero-order valence-corrected chi connectivity index (χ0v) is 19.0. The van der Waals surface area contributed by atoms with E-state index >= 15 is 0 Å². The number of hydrogen-bond donors (Lipinski definition) is 0. The lowest BCUT2D eigenvalue weighted by molar-refractivity contribution is -0.114. The van der Waals surface area contributed by atoms with Crippen LogP contribution in [0.15, 0.2) is 42.5 Å². The molecule has 8 heteroatoms. The number of likely N-dealkylation sites (N-methyl/N-ethyl adjacent to an activating group) is 1. The van der Waals surface area contributed by atoms with Crippen LogP contribution in [-0.2, 0) is 4.79 Å². The van der Waals surface area contributed by atoms with Crippen molar-refractivity contribution < 1.29 is 14.3 Å². The Balaban J connectivity index is 1.94. The molecule has 0 saturated heterocycles. The van der Waals surface area contributed by atoms with Crippen molar-refractivity contribution in [3.05, 3.63) is 53.1 Å². The molecule has 0 aliphatic carbocycles. The van der Waals surface area contributed by atoms with Gasteiger partial charge in [-0.2, -0.15) is 0 Å². The summed E-state index contributed by atoms with van der Waals surface area (Å²) in [5.41, 5.74) is 1.55. The molecule has 0 saturated carbocycles. The second-order valence-corrected chi connectivity index (χ2v) is 8.24. The summed E-state index contributed by atoms with van der Waals surface area (Å²) in [6, 6.07) is 11.1. The van der Waals surface area contributed by atoms with Crippen LogP contribution in [-0.4, -0.2) is 57.2 Å². The molecule has 0 fully saturated rings. The van der Waals surface area contributed by atoms with Crippen molar-refractivity contribution in [3.63, 3.8) is 0 Å². The van der Waals surface area contributed by atoms with Gasteiger partial charge in [0, 0.05) is 36.3 Å². The van der Waals surface area contributed by atoms with Crippen molar-refractivity contribution in [1.29, 1.82) is 0 Å². The lowest BCUT2D eigenvalue weighted by Gasteiger charge is -2.20. The average Bonchev–Trinajstić information content (AvgIpc) is 3.14. The quantitative estimate of drug-likeness (QED) is 0.475. The molecule has 1 aromatic heterocycles. The monoisotopic (exact) mass is 445 g/mol. The van der Waals surface area contributed by atoms with E-state index in [2.05, 4.69) is 4.98 Å². The molecule has 0 N–H and O–H groups in total. The molecule has 3 aromatic rings. The van der Waals surface area contributed by atoms with E-state index < -0.39 is 0 Å². The Morgan fingerprint density at radius 3 is 2.50 bits per heavy atom. The number of benzene rings is 2. The number of aromatic nitrogens is 1. The Labute approximate surface area is 185 Å². The Morgan fingerprint density at radius 2 is 1.83 bits per heavy atom. The molecule has 0 atom stereocenters. The van der Waals surface area contributed by atoms with Crippen molar-refractivity contribution in [2.24, 2.45) is 0 Å². The highest BCUT2D eigenvalue weighted by molar-refractivity contribution is 7.22. The van der Waals surface area contributed by atoms with Gasteiger partial charge in [0.05, 0.1) is 24.4 Å². The lowest BCUT2D eigenvalue weighted by Crippen LogP contribution is -2.35. The fourth-order valence-electron chi connectivity index (χ4n) is 2.82. The van der Waals surface area contributed by atoms with Crippen LogP contribution in [0.5, 0.6) is 11.5 Å². The van der Waals surface area contributed by atoms with Crippen molar-refractivity contribution in [2.45, 2.75) is 0 Å². The van der Waals surface area contributed by atoms with Crippen LogP contribution in [0.4, 0.5) is 5.13 Å². The maximum absolute atomic E-state index is 13.1. The zero-order chi connectivity index (χ0) is 21.7. The van der Waals surface area contributed by atoms with Crippen molar-refractivity contribution in [1.82, 2.24) is 9.88 Å². The van der Waals surface area contributed by atoms with Gasteiger partial charge in [0.2, 0.25) is 0 Å². The summed E-state index contributed by atoms with van der Waals surface area (Å²) in [5.74, 6) is 1.08. The number of halogens is 1. The van der Waals surface area contributed by atoms with Crippen molar-refractivity contribution in [3.8, 4) is 11.5 Å². The summed E-state index contributed by atoms with van der Waals surface area (Å²) >= 11 is 7.64. The van der Waals surface area contributed by atoms with Crippen LogP contribution in [0.25, 0.3) is 16.3 Å². The van der Waals surface area contributed by atoms with E-state index in [9.17, 15) is 4.79 Å². The van der Waals surface area contributed by atoms with Gasteiger partial charge < -0.3 is 14.4 Å². The number of amides is 1. The van der Waals surface area contributed by atoms with Gasteiger partial charge in [0.15, 0.2) is 16.6 Å². The average molecular weight is 446 g/mol. The first kappa shape index (κ1) is 22.1. The Kier molecular flexibility index (Phi) is 7.31. The third kappa shape index (κ3) is 5.11. The fraction of sp³-hybridized carbons (Fsp3) is 0.273. The number of rotatable bonds is 8. The SMILES string of the molecule is COc1cc2nc(N(CCN(C)C)C(=O)C=Cc3ccccc3Cl)sc2cc1OC. The zero-order valence-electron chi connectivity index (χ0n) is 17.4. The predicted octanol–water partition coefficient (Wildman–Crippen LogP) is 4.57.